The molecule has 0 aliphatic carbocycles. The number of carbonyl (C=O) groups excluding carboxylic acids is 1. The second-order valence-corrected chi connectivity index (χ2v) is 4.73. The van der Waals surface area contributed by atoms with Crippen LogP contribution in [0.5, 0.6) is 11.5 Å². The highest BCUT2D eigenvalue weighted by atomic mass is 32.1. The van der Waals surface area contributed by atoms with E-state index in [1.165, 1.54) is 6.08 Å². The molecule has 0 radical (unpaired) electrons. The summed E-state index contributed by atoms with van der Waals surface area (Å²) in [5, 5.41) is 6.72. The summed E-state index contributed by atoms with van der Waals surface area (Å²) in [5.41, 5.74) is 1.70. The minimum absolute atomic E-state index is 0.176. The first-order valence-electron chi connectivity index (χ1n) is 5.72. The first-order valence-corrected chi connectivity index (χ1v) is 6.66. The standard InChI is InChI=1S/C14H11NO3S/c16-14(4-1-10-5-6-19-8-10)15-11-2-3-12-13(7-11)18-9-17-12/h1-8H,9H2,(H,15,16)/b4-1+. The van der Waals surface area contributed by atoms with Crippen LogP contribution in [0.2, 0.25) is 0 Å². The molecule has 0 atom stereocenters. The summed E-state index contributed by atoms with van der Waals surface area (Å²) in [6.45, 7) is 0.227. The van der Waals surface area contributed by atoms with Gasteiger partial charge < -0.3 is 14.8 Å². The zero-order valence-electron chi connectivity index (χ0n) is 9.96. The highest BCUT2D eigenvalue weighted by Gasteiger charge is 2.13. The highest BCUT2D eigenvalue weighted by Crippen LogP contribution is 2.34. The Morgan fingerprint density at radius 2 is 2.16 bits per heavy atom. The predicted molar refractivity (Wildman–Crippen MR) is 74.5 cm³/mol. The summed E-state index contributed by atoms with van der Waals surface area (Å²) < 4.78 is 10.5. The van der Waals surface area contributed by atoms with E-state index in [-0.39, 0.29) is 12.7 Å². The van der Waals surface area contributed by atoms with E-state index >= 15 is 0 Å². The Morgan fingerprint density at radius 3 is 3.00 bits per heavy atom. The minimum Gasteiger partial charge on any atom is -0.454 e. The Bertz CT molecular complexity index is 620. The van der Waals surface area contributed by atoms with Crippen LogP contribution in [0, 0.1) is 0 Å². The molecule has 2 aromatic rings. The average Bonchev–Trinajstić information content (AvgIpc) is 3.07. The van der Waals surface area contributed by atoms with Crippen LogP contribution in [0.1, 0.15) is 5.56 Å². The Morgan fingerprint density at radius 1 is 1.26 bits per heavy atom. The SMILES string of the molecule is O=C(/C=C/c1ccsc1)Nc1ccc2c(c1)OCO2. The van der Waals surface area contributed by atoms with Gasteiger partial charge in [0.15, 0.2) is 11.5 Å². The molecule has 0 spiro atoms. The summed E-state index contributed by atoms with van der Waals surface area (Å²) in [4.78, 5) is 11.7. The third-order valence-electron chi connectivity index (χ3n) is 2.61. The fourth-order valence-electron chi connectivity index (χ4n) is 1.70. The van der Waals surface area contributed by atoms with Gasteiger partial charge in [-0.15, -0.1) is 0 Å². The highest BCUT2D eigenvalue weighted by molar-refractivity contribution is 7.08. The first kappa shape index (κ1) is 11.8. The number of ether oxygens (including phenoxy) is 2. The molecule has 0 saturated carbocycles. The van der Waals surface area contributed by atoms with Gasteiger partial charge in [0.1, 0.15) is 0 Å². The maximum absolute atomic E-state index is 11.7. The Hall–Kier alpha value is -2.27. The van der Waals surface area contributed by atoms with Crippen LogP contribution in [-0.2, 0) is 4.79 Å². The number of rotatable bonds is 3. The summed E-state index contributed by atoms with van der Waals surface area (Å²) in [5.74, 6) is 1.18. The molecule has 1 aromatic heterocycles. The van der Waals surface area contributed by atoms with Crippen LogP contribution in [0.3, 0.4) is 0 Å². The number of benzene rings is 1. The Balaban J connectivity index is 1.66. The largest absolute Gasteiger partial charge is 0.454 e. The number of anilines is 1. The summed E-state index contributed by atoms with van der Waals surface area (Å²) in [7, 11) is 0. The molecule has 19 heavy (non-hydrogen) atoms. The van der Waals surface area contributed by atoms with Crippen LogP contribution >= 0.6 is 11.3 Å². The van der Waals surface area contributed by atoms with Crippen molar-refractivity contribution in [1.82, 2.24) is 0 Å². The van der Waals surface area contributed by atoms with Crippen molar-refractivity contribution in [2.45, 2.75) is 0 Å². The predicted octanol–water partition coefficient (Wildman–Crippen LogP) is 3.13. The maximum atomic E-state index is 11.7. The third kappa shape index (κ3) is 2.77. The van der Waals surface area contributed by atoms with Gasteiger partial charge in [-0.2, -0.15) is 11.3 Å². The molecular weight excluding hydrogens is 262 g/mol. The van der Waals surface area contributed by atoms with E-state index in [9.17, 15) is 4.79 Å². The quantitative estimate of drug-likeness (QED) is 0.874. The first-order chi connectivity index (χ1) is 9.31. The second kappa shape index (κ2) is 5.16. The molecule has 5 heteroatoms. The zero-order chi connectivity index (χ0) is 13.1. The van der Waals surface area contributed by atoms with Gasteiger partial charge in [0.25, 0.3) is 0 Å². The van der Waals surface area contributed by atoms with Gasteiger partial charge in [-0.25, -0.2) is 0 Å². The lowest BCUT2D eigenvalue weighted by atomic mass is 10.2. The van der Waals surface area contributed by atoms with E-state index in [0.717, 1.165) is 5.56 Å². The Kier molecular flexibility index (Phi) is 3.20. The van der Waals surface area contributed by atoms with E-state index in [4.69, 9.17) is 9.47 Å². The lowest BCUT2D eigenvalue weighted by Gasteiger charge is -2.03. The van der Waals surface area contributed by atoms with Crippen molar-refractivity contribution in [3.63, 3.8) is 0 Å². The lowest BCUT2D eigenvalue weighted by Crippen LogP contribution is -2.07. The number of hydrogen-bond acceptors (Lipinski definition) is 4. The molecule has 1 aliphatic rings. The van der Waals surface area contributed by atoms with Gasteiger partial charge in [-0.3, -0.25) is 4.79 Å². The van der Waals surface area contributed by atoms with Crippen LogP contribution in [0.15, 0.2) is 41.1 Å². The monoisotopic (exact) mass is 273 g/mol. The fraction of sp³-hybridized carbons (Fsp3) is 0.0714. The number of fused-ring (bicyclic) bond motifs is 1. The molecule has 1 N–H and O–H groups in total. The van der Waals surface area contributed by atoms with Crippen molar-refractivity contribution in [3.8, 4) is 11.5 Å². The van der Waals surface area contributed by atoms with Crippen LogP contribution in [0.4, 0.5) is 5.69 Å². The molecule has 3 rings (SSSR count). The van der Waals surface area contributed by atoms with Crippen molar-refractivity contribution >= 4 is 29.0 Å². The number of carbonyl (C=O) groups is 1. The van der Waals surface area contributed by atoms with E-state index in [1.807, 2.05) is 16.8 Å². The smallest absolute Gasteiger partial charge is 0.248 e. The third-order valence-corrected chi connectivity index (χ3v) is 3.31. The van der Waals surface area contributed by atoms with E-state index in [1.54, 1.807) is 35.6 Å². The van der Waals surface area contributed by atoms with Crippen LogP contribution in [-0.4, -0.2) is 12.7 Å². The number of hydrogen-bond donors (Lipinski definition) is 1. The van der Waals surface area contributed by atoms with E-state index < -0.39 is 0 Å². The van der Waals surface area contributed by atoms with E-state index in [0.29, 0.717) is 17.2 Å². The molecule has 0 bridgehead atoms. The number of thiophene rings is 1. The molecule has 1 aliphatic heterocycles. The van der Waals surface area contributed by atoms with Crippen LogP contribution in [0.25, 0.3) is 6.08 Å². The average molecular weight is 273 g/mol. The summed E-state index contributed by atoms with van der Waals surface area (Å²) in [6.07, 6.45) is 3.28. The number of nitrogens with one attached hydrogen (secondary N) is 1. The normalized spacial score (nSPS) is 12.8. The van der Waals surface area contributed by atoms with Gasteiger partial charge in [0, 0.05) is 17.8 Å². The van der Waals surface area contributed by atoms with Crippen molar-refractivity contribution in [3.05, 3.63) is 46.7 Å². The van der Waals surface area contributed by atoms with Gasteiger partial charge in [-0.1, -0.05) is 0 Å². The lowest BCUT2D eigenvalue weighted by molar-refractivity contribution is -0.111. The molecule has 2 heterocycles. The Labute approximate surface area is 114 Å². The summed E-state index contributed by atoms with van der Waals surface area (Å²) >= 11 is 1.60. The molecule has 1 amide bonds. The molecule has 0 unspecified atom stereocenters. The van der Waals surface area contributed by atoms with Gasteiger partial charge in [0.2, 0.25) is 12.7 Å². The molecule has 1 aromatic carbocycles. The van der Waals surface area contributed by atoms with Crippen molar-refractivity contribution in [1.29, 1.82) is 0 Å². The topological polar surface area (TPSA) is 47.6 Å². The van der Waals surface area contributed by atoms with Crippen LogP contribution < -0.4 is 14.8 Å². The van der Waals surface area contributed by atoms with Crippen molar-refractivity contribution < 1.29 is 14.3 Å². The second-order valence-electron chi connectivity index (χ2n) is 3.95. The van der Waals surface area contributed by atoms with Gasteiger partial charge in [-0.05, 0) is 40.6 Å². The zero-order valence-corrected chi connectivity index (χ0v) is 10.8. The number of amides is 1. The summed E-state index contributed by atoms with van der Waals surface area (Å²) in [6, 6.07) is 7.26. The van der Waals surface area contributed by atoms with Crippen molar-refractivity contribution in [2.24, 2.45) is 0 Å². The maximum Gasteiger partial charge on any atom is 0.248 e. The van der Waals surface area contributed by atoms with E-state index in [2.05, 4.69) is 5.32 Å². The fourth-order valence-corrected chi connectivity index (χ4v) is 2.33. The molecule has 4 nitrogen and oxygen atoms in total. The van der Waals surface area contributed by atoms with Gasteiger partial charge in [0.05, 0.1) is 0 Å². The molecular formula is C14H11NO3S. The van der Waals surface area contributed by atoms with Crippen molar-refractivity contribution in [2.75, 3.05) is 12.1 Å². The minimum atomic E-state index is -0.176. The molecule has 0 saturated heterocycles. The molecule has 96 valence electrons. The molecule has 0 fully saturated rings. The van der Waals surface area contributed by atoms with Gasteiger partial charge >= 0.3 is 0 Å².